The molecule has 0 saturated carbocycles. The highest BCUT2D eigenvalue weighted by Crippen LogP contribution is 2.35. The van der Waals surface area contributed by atoms with Gasteiger partial charge in [0, 0.05) is 44.2 Å². The number of rotatable bonds is 7. The summed E-state index contributed by atoms with van der Waals surface area (Å²) >= 11 is 0. The van der Waals surface area contributed by atoms with Crippen LogP contribution in [0.1, 0.15) is 24.6 Å². The van der Waals surface area contributed by atoms with Crippen LogP contribution in [0.5, 0.6) is 5.75 Å². The first-order valence-electron chi connectivity index (χ1n) is 11.1. The van der Waals surface area contributed by atoms with Crippen LogP contribution in [0.15, 0.2) is 41.4 Å². The number of anilines is 1. The first kappa shape index (κ1) is 27.7. The summed E-state index contributed by atoms with van der Waals surface area (Å²) in [7, 11) is 2.91. The molecule has 37 heavy (non-hydrogen) atoms. The van der Waals surface area contributed by atoms with E-state index < -0.39 is 48.5 Å². The fourth-order valence-corrected chi connectivity index (χ4v) is 3.97. The molecule has 2 aromatic rings. The van der Waals surface area contributed by atoms with Crippen molar-refractivity contribution in [3.05, 3.63) is 47.7 Å². The molecule has 200 valence electrons. The van der Waals surface area contributed by atoms with Crippen LogP contribution in [0.25, 0.3) is 5.57 Å². The Morgan fingerprint density at radius 1 is 1.27 bits per heavy atom. The van der Waals surface area contributed by atoms with Gasteiger partial charge in [-0.05, 0) is 18.1 Å². The lowest BCUT2D eigenvalue weighted by Gasteiger charge is -2.43. The lowest BCUT2D eigenvalue weighted by atomic mass is 9.88. The third-order valence-corrected chi connectivity index (χ3v) is 5.82. The Balaban J connectivity index is 1.89. The van der Waals surface area contributed by atoms with Crippen LogP contribution in [-0.4, -0.2) is 71.2 Å². The quantitative estimate of drug-likeness (QED) is 0.322. The molecule has 1 saturated heterocycles. The number of hydrogen-bond donors (Lipinski definition) is 2. The molecule has 2 atom stereocenters. The minimum atomic E-state index is -4.60. The van der Waals surface area contributed by atoms with E-state index in [1.54, 1.807) is 19.1 Å². The smallest absolute Gasteiger partial charge is 0.419 e. The maximum absolute atomic E-state index is 14.5. The van der Waals surface area contributed by atoms with Crippen molar-refractivity contribution in [2.75, 3.05) is 32.6 Å². The van der Waals surface area contributed by atoms with Crippen molar-refractivity contribution in [3.8, 4) is 5.75 Å². The van der Waals surface area contributed by atoms with E-state index >= 15 is 0 Å². The molecule has 9 nitrogen and oxygen atoms in total. The van der Waals surface area contributed by atoms with Crippen LogP contribution < -0.4 is 15.8 Å². The predicted molar refractivity (Wildman–Crippen MR) is 126 cm³/mol. The van der Waals surface area contributed by atoms with Crippen molar-refractivity contribution in [1.82, 2.24) is 19.9 Å². The normalized spacial score (nSPS) is 20.5. The Bertz CT molecular complexity index is 1150. The van der Waals surface area contributed by atoms with Gasteiger partial charge in [0.15, 0.2) is 0 Å². The highest BCUT2D eigenvalue weighted by Gasteiger charge is 2.46. The minimum absolute atomic E-state index is 0.0976. The van der Waals surface area contributed by atoms with Gasteiger partial charge >= 0.3 is 6.18 Å². The number of pyridine rings is 1. The number of allylic oxidation sites excluding steroid dienone is 1. The van der Waals surface area contributed by atoms with Crippen LogP contribution in [0.4, 0.5) is 27.9 Å². The summed E-state index contributed by atoms with van der Waals surface area (Å²) in [6, 6.07) is 2.35. The first-order valence-corrected chi connectivity index (χ1v) is 11.1. The van der Waals surface area contributed by atoms with Crippen molar-refractivity contribution in [2.45, 2.75) is 31.5 Å². The van der Waals surface area contributed by atoms with Crippen molar-refractivity contribution in [2.24, 2.45) is 16.6 Å². The fourth-order valence-electron chi connectivity index (χ4n) is 3.97. The topological polar surface area (TPSA) is 119 Å². The Hall–Kier alpha value is -3.84. The van der Waals surface area contributed by atoms with Crippen LogP contribution in [0.2, 0.25) is 0 Å². The van der Waals surface area contributed by atoms with Gasteiger partial charge in [0.2, 0.25) is 5.95 Å². The summed E-state index contributed by atoms with van der Waals surface area (Å²) in [5.74, 6) is -4.41. The molecule has 3 rings (SSSR count). The minimum Gasteiger partial charge on any atom is -0.495 e. The summed E-state index contributed by atoms with van der Waals surface area (Å²) in [6.45, 7) is 0.552. The average molecular weight is 527 g/mol. The third-order valence-electron chi connectivity index (χ3n) is 5.82. The maximum Gasteiger partial charge on any atom is 0.419 e. The maximum atomic E-state index is 14.5. The van der Waals surface area contributed by atoms with Gasteiger partial charge in [-0.3, -0.25) is 14.8 Å². The molecule has 2 unspecified atom stereocenters. The zero-order valence-electron chi connectivity index (χ0n) is 20.3. The van der Waals surface area contributed by atoms with Crippen LogP contribution in [0, 0.1) is 5.92 Å². The molecule has 3 heterocycles. The van der Waals surface area contributed by atoms with Crippen LogP contribution in [-0.2, 0) is 11.0 Å². The molecule has 0 spiro atoms. The number of carbonyl (C=O) groups is 1. The highest BCUT2D eigenvalue weighted by atomic mass is 19.4. The number of hydrogen-bond acceptors (Lipinski definition) is 8. The Labute approximate surface area is 209 Å². The van der Waals surface area contributed by atoms with Crippen molar-refractivity contribution >= 4 is 23.6 Å². The number of carbonyl (C=O) groups excluding carboxylic acids is 1. The third kappa shape index (κ3) is 6.68. The lowest BCUT2D eigenvalue weighted by Crippen LogP contribution is -2.58. The standard InChI is InChI=1S/C23H26F5N7O2/c1-13-6-22(24,25)12-35(18(13)11-34-21-32-7-14(8-33-21)23(26,27)28)20(36)19(29)16(10-30-2)17-5-4-15(37-3)9-31-17/h4-5,7-10,13,18H,6,11-12,29H2,1-3H3,(H,32,33,34). The number of ether oxygens (including phenoxy) is 1. The Morgan fingerprint density at radius 3 is 2.49 bits per heavy atom. The number of aromatic nitrogens is 3. The summed E-state index contributed by atoms with van der Waals surface area (Å²) in [5, 5.41) is 2.74. The second-order valence-electron chi connectivity index (χ2n) is 8.51. The SMILES string of the molecule is CN=CC(=C(N)C(=O)N1CC(F)(F)CC(C)C1CNc1ncc(C(F)(F)F)cn1)c1ccc(OC)cn1. The van der Waals surface area contributed by atoms with E-state index in [2.05, 4.69) is 25.3 Å². The number of nitrogens with zero attached hydrogens (tertiary/aromatic N) is 5. The Kier molecular flexibility index (Phi) is 8.28. The largest absolute Gasteiger partial charge is 0.495 e. The molecular weight excluding hydrogens is 501 g/mol. The number of nitrogens with one attached hydrogen (secondary N) is 1. The molecule has 0 bridgehead atoms. The fraction of sp³-hybridized carbons (Fsp3) is 0.435. The van der Waals surface area contributed by atoms with E-state index in [1.807, 2.05) is 0 Å². The molecular formula is C23H26F5N7O2. The number of piperidine rings is 1. The molecule has 1 amide bonds. The molecule has 0 aliphatic carbocycles. The van der Waals surface area contributed by atoms with Gasteiger partial charge in [0.25, 0.3) is 11.8 Å². The highest BCUT2D eigenvalue weighted by molar-refractivity contribution is 6.18. The zero-order chi connectivity index (χ0) is 27.4. The summed E-state index contributed by atoms with van der Waals surface area (Å²) in [6.07, 6.45) is -1.18. The van der Waals surface area contributed by atoms with Gasteiger partial charge in [0.05, 0.1) is 37.2 Å². The van der Waals surface area contributed by atoms with E-state index in [4.69, 9.17) is 10.5 Å². The molecule has 3 N–H and O–H groups in total. The number of methoxy groups -OCH3 is 1. The number of nitrogens with two attached hydrogens (primary N) is 1. The van der Waals surface area contributed by atoms with Crippen molar-refractivity contribution in [1.29, 1.82) is 0 Å². The second kappa shape index (κ2) is 11.0. The second-order valence-corrected chi connectivity index (χ2v) is 8.51. The van der Waals surface area contributed by atoms with Gasteiger partial charge in [-0.15, -0.1) is 0 Å². The molecule has 1 fully saturated rings. The first-order chi connectivity index (χ1) is 17.4. The molecule has 14 heteroatoms. The van der Waals surface area contributed by atoms with Gasteiger partial charge < -0.3 is 20.7 Å². The number of halogens is 5. The molecule has 0 aromatic carbocycles. The van der Waals surface area contributed by atoms with Gasteiger partial charge in [0.1, 0.15) is 11.4 Å². The number of amides is 1. The van der Waals surface area contributed by atoms with Gasteiger partial charge in [-0.2, -0.15) is 13.2 Å². The number of aliphatic imine (C=N–C) groups is 1. The van der Waals surface area contributed by atoms with Gasteiger partial charge in [-0.1, -0.05) is 6.92 Å². The van der Waals surface area contributed by atoms with E-state index in [-0.39, 0.29) is 29.5 Å². The molecule has 2 aromatic heterocycles. The predicted octanol–water partition coefficient (Wildman–Crippen LogP) is 3.25. The van der Waals surface area contributed by atoms with E-state index in [9.17, 15) is 26.7 Å². The molecule has 0 radical (unpaired) electrons. The van der Waals surface area contributed by atoms with Crippen LogP contribution >= 0.6 is 0 Å². The van der Waals surface area contributed by atoms with Crippen LogP contribution in [0.3, 0.4) is 0 Å². The van der Waals surface area contributed by atoms with Crippen molar-refractivity contribution in [3.63, 3.8) is 0 Å². The average Bonchev–Trinajstić information content (AvgIpc) is 2.85. The van der Waals surface area contributed by atoms with Crippen molar-refractivity contribution < 1.29 is 31.5 Å². The monoisotopic (exact) mass is 527 g/mol. The van der Waals surface area contributed by atoms with E-state index in [0.29, 0.717) is 18.1 Å². The van der Waals surface area contributed by atoms with Gasteiger partial charge in [-0.25, -0.2) is 18.7 Å². The summed E-state index contributed by atoms with van der Waals surface area (Å²) in [4.78, 5) is 29.7. The number of alkyl halides is 5. The Morgan fingerprint density at radius 2 is 1.95 bits per heavy atom. The molecule has 1 aliphatic rings. The summed E-state index contributed by atoms with van der Waals surface area (Å²) in [5.41, 5.74) is 5.21. The lowest BCUT2D eigenvalue weighted by molar-refractivity contribution is -0.148. The number of likely N-dealkylation sites (tertiary alicyclic amines) is 1. The summed E-state index contributed by atoms with van der Waals surface area (Å²) < 4.78 is 72.4. The molecule has 1 aliphatic heterocycles. The van der Waals surface area contributed by atoms with E-state index in [1.165, 1.54) is 26.6 Å². The zero-order valence-corrected chi connectivity index (χ0v) is 20.3. The van der Waals surface area contributed by atoms with E-state index in [0.717, 1.165) is 4.90 Å².